The van der Waals surface area contributed by atoms with Gasteiger partial charge in [0.05, 0.1) is 0 Å². The highest BCUT2D eigenvalue weighted by molar-refractivity contribution is 5.78. The van der Waals surface area contributed by atoms with Crippen LogP contribution in [0.3, 0.4) is 0 Å². The molecule has 138 valence electrons. The Morgan fingerprint density at radius 1 is 1.08 bits per heavy atom. The van der Waals surface area contributed by atoms with Crippen molar-refractivity contribution in [1.82, 2.24) is 14.7 Å². The summed E-state index contributed by atoms with van der Waals surface area (Å²) in [5, 5.41) is 9.14. The minimum Gasteiger partial charge on any atom is -0.465 e. The zero-order valence-electron chi connectivity index (χ0n) is 15.4. The van der Waals surface area contributed by atoms with E-state index in [0.717, 1.165) is 51.7 Å². The Morgan fingerprint density at radius 3 is 2.33 bits per heavy atom. The average Bonchev–Trinajstić information content (AvgIpc) is 2.80. The summed E-state index contributed by atoms with van der Waals surface area (Å²) < 4.78 is 0. The molecule has 2 heterocycles. The van der Waals surface area contributed by atoms with E-state index in [1.165, 1.54) is 4.90 Å². The summed E-state index contributed by atoms with van der Waals surface area (Å²) in [5.41, 5.74) is 0. The Bertz CT molecular complexity index is 433. The molecule has 24 heavy (non-hydrogen) atoms. The highest BCUT2D eigenvalue weighted by atomic mass is 16.4. The van der Waals surface area contributed by atoms with Gasteiger partial charge in [-0.05, 0) is 51.1 Å². The molecule has 1 atom stereocenters. The van der Waals surface area contributed by atoms with Gasteiger partial charge in [-0.25, -0.2) is 4.79 Å². The molecule has 0 unspecified atom stereocenters. The first kappa shape index (κ1) is 19.0. The molecule has 2 fully saturated rings. The van der Waals surface area contributed by atoms with E-state index >= 15 is 0 Å². The van der Waals surface area contributed by atoms with Crippen molar-refractivity contribution in [1.29, 1.82) is 0 Å². The van der Waals surface area contributed by atoms with Crippen molar-refractivity contribution >= 4 is 12.0 Å². The summed E-state index contributed by atoms with van der Waals surface area (Å²) >= 11 is 0. The molecule has 0 aromatic heterocycles. The van der Waals surface area contributed by atoms with E-state index in [1.54, 1.807) is 0 Å². The lowest BCUT2D eigenvalue weighted by Gasteiger charge is -2.38. The summed E-state index contributed by atoms with van der Waals surface area (Å²) in [6.45, 7) is 8.31. The molecule has 0 bridgehead atoms. The molecular formula is C18H33N3O3. The van der Waals surface area contributed by atoms with Crippen molar-refractivity contribution in [2.75, 3.05) is 39.8 Å². The van der Waals surface area contributed by atoms with Crippen LogP contribution in [0.2, 0.25) is 0 Å². The number of carbonyl (C=O) groups excluding carboxylic acids is 1. The van der Waals surface area contributed by atoms with Crippen LogP contribution in [0, 0.1) is 11.8 Å². The molecule has 6 heteroatoms. The lowest BCUT2D eigenvalue weighted by Crippen LogP contribution is -2.46. The van der Waals surface area contributed by atoms with Gasteiger partial charge in [0.1, 0.15) is 0 Å². The number of carboxylic acid groups (broad SMARTS) is 1. The van der Waals surface area contributed by atoms with Crippen LogP contribution in [0.5, 0.6) is 0 Å². The van der Waals surface area contributed by atoms with Crippen LogP contribution >= 0.6 is 0 Å². The third-order valence-corrected chi connectivity index (χ3v) is 5.38. The monoisotopic (exact) mass is 339 g/mol. The molecule has 2 saturated heterocycles. The molecule has 2 rings (SSSR count). The van der Waals surface area contributed by atoms with Gasteiger partial charge in [0.2, 0.25) is 5.91 Å². The molecule has 1 N–H and O–H groups in total. The fourth-order valence-corrected chi connectivity index (χ4v) is 4.10. The second kappa shape index (κ2) is 8.70. The number of rotatable bonds is 4. The van der Waals surface area contributed by atoms with Gasteiger partial charge >= 0.3 is 6.09 Å². The Balaban J connectivity index is 1.80. The van der Waals surface area contributed by atoms with Crippen molar-refractivity contribution in [3.63, 3.8) is 0 Å². The molecule has 0 aromatic carbocycles. The second-order valence-electron chi connectivity index (χ2n) is 7.78. The largest absolute Gasteiger partial charge is 0.465 e. The molecule has 6 nitrogen and oxygen atoms in total. The smallest absolute Gasteiger partial charge is 0.407 e. The predicted octanol–water partition coefficient (Wildman–Crippen LogP) is 2.35. The molecule has 0 aromatic rings. The van der Waals surface area contributed by atoms with Crippen LogP contribution in [-0.4, -0.2) is 77.6 Å². The Morgan fingerprint density at radius 2 is 1.75 bits per heavy atom. The van der Waals surface area contributed by atoms with Crippen LogP contribution < -0.4 is 0 Å². The van der Waals surface area contributed by atoms with Crippen molar-refractivity contribution in [3.05, 3.63) is 0 Å². The normalized spacial score (nSPS) is 24.0. The fourth-order valence-electron chi connectivity index (χ4n) is 4.10. The maximum atomic E-state index is 12.5. The second-order valence-corrected chi connectivity index (χ2v) is 7.78. The topological polar surface area (TPSA) is 64.1 Å². The van der Waals surface area contributed by atoms with Gasteiger partial charge in [-0.3, -0.25) is 4.79 Å². The van der Waals surface area contributed by atoms with E-state index in [4.69, 9.17) is 5.11 Å². The highest BCUT2D eigenvalue weighted by Crippen LogP contribution is 2.25. The van der Waals surface area contributed by atoms with Crippen molar-refractivity contribution in [2.24, 2.45) is 11.8 Å². The molecule has 0 spiro atoms. The lowest BCUT2D eigenvalue weighted by molar-refractivity contribution is -0.136. The summed E-state index contributed by atoms with van der Waals surface area (Å²) in [6, 6.07) is 0.471. The van der Waals surface area contributed by atoms with Crippen LogP contribution in [0.25, 0.3) is 0 Å². The first-order valence-electron chi connectivity index (χ1n) is 9.35. The average molecular weight is 339 g/mol. The number of nitrogens with zero attached hydrogens (tertiary/aromatic N) is 3. The first-order chi connectivity index (χ1) is 11.4. The maximum Gasteiger partial charge on any atom is 0.407 e. The standard InChI is InChI=1S/C18H33N3O3/c1-14(2)13-19(3)17(22)15-6-10-20(11-7-15)16-5-4-9-21(12-8-16)18(23)24/h14-16H,4-13H2,1-3H3,(H,23,24)/t16-/m0/s1. The minimum absolute atomic E-state index is 0.159. The Hall–Kier alpha value is -1.30. The molecular weight excluding hydrogens is 306 g/mol. The fraction of sp³-hybridized carbons (Fsp3) is 0.889. The Kier molecular flexibility index (Phi) is 6.90. The van der Waals surface area contributed by atoms with Crippen LogP contribution in [0.15, 0.2) is 0 Å². The van der Waals surface area contributed by atoms with E-state index in [2.05, 4.69) is 18.7 Å². The third kappa shape index (κ3) is 5.10. The van der Waals surface area contributed by atoms with E-state index in [-0.39, 0.29) is 5.92 Å². The number of hydrogen-bond donors (Lipinski definition) is 1. The summed E-state index contributed by atoms with van der Waals surface area (Å²) in [7, 11) is 1.92. The van der Waals surface area contributed by atoms with E-state index < -0.39 is 6.09 Å². The van der Waals surface area contributed by atoms with Crippen molar-refractivity contribution < 1.29 is 14.7 Å². The number of amides is 2. The van der Waals surface area contributed by atoms with Gasteiger partial charge in [-0.15, -0.1) is 0 Å². The Labute approximate surface area is 145 Å². The van der Waals surface area contributed by atoms with E-state index in [1.807, 2.05) is 11.9 Å². The first-order valence-corrected chi connectivity index (χ1v) is 9.35. The maximum absolute atomic E-state index is 12.5. The number of piperidine rings is 1. The van der Waals surface area contributed by atoms with Crippen LogP contribution in [0.1, 0.15) is 46.0 Å². The third-order valence-electron chi connectivity index (χ3n) is 5.38. The van der Waals surface area contributed by atoms with Gasteiger partial charge in [0, 0.05) is 38.6 Å². The quantitative estimate of drug-likeness (QED) is 0.854. The van der Waals surface area contributed by atoms with E-state index in [0.29, 0.717) is 31.0 Å². The zero-order chi connectivity index (χ0) is 17.7. The summed E-state index contributed by atoms with van der Waals surface area (Å²) in [6.07, 6.45) is 3.98. The van der Waals surface area contributed by atoms with Gasteiger partial charge in [0.25, 0.3) is 0 Å². The summed E-state index contributed by atoms with van der Waals surface area (Å²) in [4.78, 5) is 29.6. The lowest BCUT2D eigenvalue weighted by atomic mass is 9.93. The van der Waals surface area contributed by atoms with Crippen molar-refractivity contribution in [3.8, 4) is 0 Å². The van der Waals surface area contributed by atoms with Crippen molar-refractivity contribution in [2.45, 2.75) is 52.0 Å². The number of carbonyl (C=O) groups is 2. The SMILES string of the molecule is CC(C)CN(C)C(=O)C1CCN([C@H]2CCCN(C(=O)O)CC2)CC1. The van der Waals surface area contributed by atoms with Gasteiger partial charge < -0.3 is 19.8 Å². The van der Waals surface area contributed by atoms with Gasteiger partial charge in [0.15, 0.2) is 0 Å². The molecule has 0 radical (unpaired) electrons. The molecule has 0 saturated carbocycles. The van der Waals surface area contributed by atoms with Crippen LogP contribution in [-0.2, 0) is 4.79 Å². The zero-order valence-corrected chi connectivity index (χ0v) is 15.4. The number of likely N-dealkylation sites (tertiary alicyclic amines) is 2. The highest BCUT2D eigenvalue weighted by Gasteiger charge is 2.31. The molecule has 0 aliphatic carbocycles. The van der Waals surface area contributed by atoms with E-state index in [9.17, 15) is 9.59 Å². The van der Waals surface area contributed by atoms with Gasteiger partial charge in [-0.2, -0.15) is 0 Å². The summed E-state index contributed by atoms with van der Waals surface area (Å²) in [5.74, 6) is 0.953. The number of hydrogen-bond acceptors (Lipinski definition) is 3. The molecule has 2 amide bonds. The molecule has 2 aliphatic rings. The molecule has 2 aliphatic heterocycles. The minimum atomic E-state index is -0.798. The predicted molar refractivity (Wildman–Crippen MR) is 94.0 cm³/mol. The van der Waals surface area contributed by atoms with Gasteiger partial charge in [-0.1, -0.05) is 13.8 Å². The van der Waals surface area contributed by atoms with Crippen LogP contribution in [0.4, 0.5) is 4.79 Å².